The van der Waals surface area contributed by atoms with Crippen molar-refractivity contribution >= 4 is 15.9 Å². The Bertz CT molecular complexity index is 1260. The molecule has 4 rings (SSSR count). The molecule has 2 heterocycles. The van der Waals surface area contributed by atoms with Crippen molar-refractivity contribution in [3.8, 4) is 11.4 Å². The summed E-state index contributed by atoms with van der Waals surface area (Å²) in [6.45, 7) is 6.59. The first-order chi connectivity index (χ1) is 15.2. The summed E-state index contributed by atoms with van der Waals surface area (Å²) in [5.41, 5.74) is 4.11. The number of aromatic nitrogens is 2. The molecule has 0 aliphatic carbocycles. The summed E-state index contributed by atoms with van der Waals surface area (Å²) >= 11 is 0. The minimum atomic E-state index is -3.83. The molecule has 0 saturated carbocycles. The van der Waals surface area contributed by atoms with Crippen LogP contribution in [-0.2, 0) is 10.0 Å². The molecule has 9 heteroatoms. The fourth-order valence-electron chi connectivity index (χ4n) is 3.92. The van der Waals surface area contributed by atoms with E-state index in [0.29, 0.717) is 5.56 Å². The number of hydrogen-bond donors (Lipinski definition) is 1. The zero-order chi connectivity index (χ0) is 23.0. The van der Waals surface area contributed by atoms with Gasteiger partial charge in [0.2, 0.25) is 10.0 Å². The van der Waals surface area contributed by atoms with Crippen LogP contribution in [0.2, 0.25) is 0 Å². The molecule has 8 nitrogen and oxygen atoms in total. The van der Waals surface area contributed by atoms with Crippen LogP contribution in [0.1, 0.15) is 27.3 Å². The van der Waals surface area contributed by atoms with Gasteiger partial charge in [-0.3, -0.25) is 4.79 Å². The maximum atomic E-state index is 13.0. The molecule has 1 saturated heterocycles. The van der Waals surface area contributed by atoms with Crippen molar-refractivity contribution < 1.29 is 18.3 Å². The van der Waals surface area contributed by atoms with Gasteiger partial charge in [0.1, 0.15) is 10.6 Å². The van der Waals surface area contributed by atoms with Crippen LogP contribution in [0.4, 0.5) is 0 Å². The van der Waals surface area contributed by atoms with E-state index < -0.39 is 10.0 Å². The summed E-state index contributed by atoms with van der Waals surface area (Å²) in [5.74, 6) is -0.405. The van der Waals surface area contributed by atoms with E-state index in [1.165, 1.54) is 16.4 Å². The normalized spacial score (nSPS) is 15.2. The lowest BCUT2D eigenvalue weighted by atomic mass is 10.1. The van der Waals surface area contributed by atoms with Crippen molar-refractivity contribution in [2.24, 2.45) is 0 Å². The monoisotopic (exact) mass is 454 g/mol. The first kappa shape index (κ1) is 22.0. The van der Waals surface area contributed by atoms with E-state index in [0.717, 1.165) is 22.6 Å². The van der Waals surface area contributed by atoms with E-state index in [-0.39, 0.29) is 42.7 Å². The number of rotatable bonds is 4. The molecule has 1 N–H and O–H groups in total. The van der Waals surface area contributed by atoms with Gasteiger partial charge < -0.3 is 10.0 Å². The number of hydrogen-bond acceptors (Lipinski definition) is 5. The average Bonchev–Trinajstić information content (AvgIpc) is 3.13. The van der Waals surface area contributed by atoms with E-state index in [1.807, 2.05) is 36.7 Å². The van der Waals surface area contributed by atoms with Gasteiger partial charge in [0.15, 0.2) is 0 Å². The molecule has 1 aromatic heterocycles. The molecule has 1 aliphatic rings. The van der Waals surface area contributed by atoms with Gasteiger partial charge in [0.05, 0.1) is 11.4 Å². The van der Waals surface area contributed by atoms with E-state index in [1.54, 1.807) is 30.0 Å². The number of piperazine rings is 1. The topological polar surface area (TPSA) is 95.7 Å². The third-order valence-electron chi connectivity index (χ3n) is 5.63. The van der Waals surface area contributed by atoms with E-state index in [2.05, 4.69) is 5.10 Å². The summed E-state index contributed by atoms with van der Waals surface area (Å²) < 4.78 is 29.1. The summed E-state index contributed by atoms with van der Waals surface area (Å²) in [7, 11) is -3.83. The largest absolute Gasteiger partial charge is 0.507 e. The van der Waals surface area contributed by atoms with Gasteiger partial charge in [0.25, 0.3) is 5.91 Å². The van der Waals surface area contributed by atoms with Crippen molar-refractivity contribution in [3.05, 3.63) is 71.0 Å². The molecule has 1 aliphatic heterocycles. The second kappa shape index (κ2) is 8.40. The van der Waals surface area contributed by atoms with Gasteiger partial charge in [-0.2, -0.15) is 9.40 Å². The maximum Gasteiger partial charge on any atom is 0.253 e. The van der Waals surface area contributed by atoms with Crippen molar-refractivity contribution in [2.75, 3.05) is 26.2 Å². The Hall–Kier alpha value is -3.17. The SMILES string of the molecule is Cc1ccc(O)c(S(=O)(=O)N2CCN(C(=O)c3ccc(-n4nc(C)cc4C)cc3)CC2)c1. The molecule has 0 radical (unpaired) electrons. The fourth-order valence-corrected chi connectivity index (χ4v) is 5.51. The average molecular weight is 455 g/mol. The Balaban J connectivity index is 1.44. The minimum absolute atomic E-state index is 0.1000. The number of phenolic OH excluding ortho intramolecular Hbond substituents is 1. The Labute approximate surface area is 187 Å². The van der Waals surface area contributed by atoms with E-state index in [4.69, 9.17) is 0 Å². The highest BCUT2D eigenvalue weighted by molar-refractivity contribution is 7.89. The lowest BCUT2D eigenvalue weighted by Crippen LogP contribution is -2.50. The number of aromatic hydroxyl groups is 1. The smallest absolute Gasteiger partial charge is 0.253 e. The Morgan fingerprint density at radius 3 is 2.19 bits per heavy atom. The predicted octanol–water partition coefficient (Wildman–Crippen LogP) is 2.65. The van der Waals surface area contributed by atoms with Crippen molar-refractivity contribution in [3.63, 3.8) is 0 Å². The van der Waals surface area contributed by atoms with Crippen LogP contribution in [0, 0.1) is 20.8 Å². The van der Waals surface area contributed by atoms with Crippen LogP contribution in [-0.4, -0.2) is 64.6 Å². The van der Waals surface area contributed by atoms with Gasteiger partial charge in [-0.1, -0.05) is 6.07 Å². The predicted molar refractivity (Wildman–Crippen MR) is 121 cm³/mol. The molecule has 0 spiro atoms. The molecular formula is C23H26N4O4S. The quantitative estimate of drug-likeness (QED) is 0.654. The van der Waals surface area contributed by atoms with Crippen molar-refractivity contribution in [1.82, 2.24) is 19.0 Å². The highest BCUT2D eigenvalue weighted by Crippen LogP contribution is 2.27. The summed E-state index contributed by atoms with van der Waals surface area (Å²) in [5, 5.41) is 14.5. The molecule has 0 bridgehead atoms. The molecule has 3 aromatic rings. The number of amides is 1. The summed E-state index contributed by atoms with van der Waals surface area (Å²) in [4.78, 5) is 14.5. The fraction of sp³-hybridized carbons (Fsp3) is 0.304. The standard InChI is InChI=1S/C23H26N4O4S/c1-16-4-9-21(28)22(14-16)32(30,31)26-12-10-25(11-13-26)23(29)19-5-7-20(8-6-19)27-18(3)15-17(2)24-27/h4-9,14-15,28H,10-13H2,1-3H3. The third kappa shape index (κ3) is 4.13. The van der Waals surface area contributed by atoms with Gasteiger partial charge in [-0.15, -0.1) is 0 Å². The molecule has 1 amide bonds. The minimum Gasteiger partial charge on any atom is -0.507 e. The van der Waals surface area contributed by atoms with Crippen LogP contribution in [0.15, 0.2) is 53.4 Å². The number of sulfonamides is 1. The van der Waals surface area contributed by atoms with Crippen LogP contribution >= 0.6 is 0 Å². The highest BCUT2D eigenvalue weighted by atomic mass is 32.2. The number of nitrogens with zero attached hydrogens (tertiary/aromatic N) is 4. The molecule has 1 fully saturated rings. The molecule has 2 aromatic carbocycles. The number of benzene rings is 2. The lowest BCUT2D eigenvalue weighted by molar-refractivity contribution is 0.0697. The summed E-state index contributed by atoms with van der Waals surface area (Å²) in [6.07, 6.45) is 0. The summed E-state index contributed by atoms with van der Waals surface area (Å²) in [6, 6.07) is 13.7. The van der Waals surface area contributed by atoms with Crippen LogP contribution in [0.3, 0.4) is 0 Å². The van der Waals surface area contributed by atoms with Crippen LogP contribution in [0.25, 0.3) is 5.69 Å². The molecule has 0 unspecified atom stereocenters. The second-order valence-corrected chi connectivity index (χ2v) is 9.96. The number of aryl methyl sites for hydroxylation is 3. The maximum absolute atomic E-state index is 13.0. The van der Waals surface area contributed by atoms with Crippen molar-refractivity contribution in [2.45, 2.75) is 25.7 Å². The zero-order valence-corrected chi connectivity index (χ0v) is 19.1. The Morgan fingerprint density at radius 2 is 1.59 bits per heavy atom. The van der Waals surface area contributed by atoms with Gasteiger partial charge >= 0.3 is 0 Å². The zero-order valence-electron chi connectivity index (χ0n) is 18.3. The van der Waals surface area contributed by atoms with Crippen LogP contribution < -0.4 is 0 Å². The lowest BCUT2D eigenvalue weighted by Gasteiger charge is -2.34. The van der Waals surface area contributed by atoms with Gasteiger partial charge in [-0.05, 0) is 68.8 Å². The van der Waals surface area contributed by atoms with Crippen molar-refractivity contribution in [1.29, 1.82) is 0 Å². The second-order valence-electron chi connectivity index (χ2n) is 8.05. The van der Waals surface area contributed by atoms with Gasteiger partial charge in [-0.25, -0.2) is 13.1 Å². The Morgan fingerprint density at radius 1 is 0.938 bits per heavy atom. The number of carbonyl (C=O) groups excluding carboxylic acids is 1. The molecule has 32 heavy (non-hydrogen) atoms. The number of phenols is 1. The van der Waals surface area contributed by atoms with E-state index >= 15 is 0 Å². The first-order valence-electron chi connectivity index (χ1n) is 10.4. The molecule has 0 atom stereocenters. The van der Waals surface area contributed by atoms with Gasteiger partial charge in [0, 0.05) is 37.4 Å². The third-order valence-corrected chi connectivity index (χ3v) is 7.56. The first-order valence-corrected chi connectivity index (χ1v) is 11.8. The molecular weight excluding hydrogens is 428 g/mol. The number of carbonyl (C=O) groups is 1. The van der Waals surface area contributed by atoms with E-state index in [9.17, 15) is 18.3 Å². The molecule has 168 valence electrons. The Kier molecular flexibility index (Phi) is 5.79. The van der Waals surface area contributed by atoms with Crippen LogP contribution in [0.5, 0.6) is 5.75 Å². The highest BCUT2D eigenvalue weighted by Gasteiger charge is 2.32.